The first-order valence-corrected chi connectivity index (χ1v) is 19.1. The molecule has 0 aromatic heterocycles. The van der Waals surface area contributed by atoms with Crippen LogP contribution in [0.3, 0.4) is 0 Å². The molecule has 3 heterocycles. The summed E-state index contributed by atoms with van der Waals surface area (Å²) in [7, 11) is -3.92. The van der Waals surface area contributed by atoms with E-state index in [-0.39, 0.29) is 45.5 Å². The highest BCUT2D eigenvalue weighted by Crippen LogP contribution is 2.45. The van der Waals surface area contributed by atoms with Crippen molar-refractivity contribution in [1.82, 2.24) is 25.2 Å². The van der Waals surface area contributed by atoms with E-state index in [1.54, 1.807) is 6.07 Å². The minimum Gasteiger partial charge on any atom is -0.450 e. The second-order valence-electron chi connectivity index (χ2n) is 13.9. The van der Waals surface area contributed by atoms with E-state index in [1.165, 1.54) is 21.9 Å². The van der Waals surface area contributed by atoms with Crippen molar-refractivity contribution in [2.75, 3.05) is 13.2 Å². The van der Waals surface area contributed by atoms with E-state index in [4.69, 9.17) is 9.47 Å². The van der Waals surface area contributed by atoms with Gasteiger partial charge in [0, 0.05) is 17.9 Å². The number of unbranched alkanes of at least 4 members (excludes halogenated alkanes) is 1. The van der Waals surface area contributed by atoms with E-state index in [0.717, 1.165) is 5.56 Å². The summed E-state index contributed by atoms with van der Waals surface area (Å²) in [4.78, 5) is 70.5. The Morgan fingerprint density at radius 1 is 1.18 bits per heavy atom. The average molecular weight is 730 g/mol. The van der Waals surface area contributed by atoms with Gasteiger partial charge in [0.05, 0.1) is 31.5 Å². The van der Waals surface area contributed by atoms with Crippen LogP contribution in [0, 0.1) is 11.7 Å². The maximum atomic E-state index is 14.9. The maximum absolute atomic E-state index is 14.9. The lowest BCUT2D eigenvalue weighted by molar-refractivity contribution is -0.141. The van der Waals surface area contributed by atoms with Crippen molar-refractivity contribution in [2.45, 2.75) is 107 Å². The number of alkyl carbamates (subject to hydrolysis) is 1. The monoisotopic (exact) mass is 729 g/mol. The number of hydrogen-bond acceptors (Lipinski definition) is 9. The molecule has 14 nitrogen and oxygen atoms in total. The molecule has 5 aliphatic rings. The first-order chi connectivity index (χ1) is 24.4. The molecule has 3 N–H and O–H groups in total. The molecule has 3 fully saturated rings. The van der Waals surface area contributed by atoms with Crippen LogP contribution < -0.4 is 15.4 Å². The van der Waals surface area contributed by atoms with Gasteiger partial charge in [-0.3, -0.25) is 24.0 Å². The molecule has 1 saturated heterocycles. The third-order valence-electron chi connectivity index (χ3n) is 10.2. The topological polar surface area (TPSA) is 181 Å². The molecule has 1 aromatic rings. The van der Waals surface area contributed by atoms with Gasteiger partial charge in [0.2, 0.25) is 21.8 Å². The highest BCUT2D eigenvalue weighted by molar-refractivity contribution is 7.91. The molecular weight excluding hydrogens is 685 g/mol. The van der Waals surface area contributed by atoms with Gasteiger partial charge in [-0.2, -0.15) is 0 Å². The number of benzene rings is 1. The number of carbonyl (C=O) groups is 5. The Morgan fingerprint density at radius 2 is 1.94 bits per heavy atom. The fourth-order valence-electron chi connectivity index (χ4n) is 7.00. The van der Waals surface area contributed by atoms with Crippen LogP contribution in [-0.2, 0) is 47.0 Å². The van der Waals surface area contributed by atoms with E-state index in [2.05, 4.69) is 21.9 Å². The zero-order valence-corrected chi connectivity index (χ0v) is 29.3. The first kappa shape index (κ1) is 36.3. The predicted molar refractivity (Wildman–Crippen MR) is 181 cm³/mol. The summed E-state index contributed by atoms with van der Waals surface area (Å²) in [6, 6.07) is 0.664. The Labute approximate surface area is 296 Å². The molecule has 4 bridgehead atoms. The summed E-state index contributed by atoms with van der Waals surface area (Å²) in [6.45, 7) is 5.59. The van der Waals surface area contributed by atoms with Gasteiger partial charge >= 0.3 is 12.2 Å². The van der Waals surface area contributed by atoms with Gasteiger partial charge in [0.25, 0.3) is 5.91 Å². The number of fused-ring (bicyclic) bond motifs is 3. The second kappa shape index (κ2) is 14.6. The molecule has 6 rings (SSSR count). The Bertz CT molecular complexity index is 1750. The first-order valence-electron chi connectivity index (χ1n) is 17.5. The Kier molecular flexibility index (Phi) is 10.4. The maximum Gasteiger partial charge on any atom is 0.410 e. The number of ether oxygens (including phenoxy) is 2. The highest BCUT2D eigenvalue weighted by Gasteiger charge is 2.62. The van der Waals surface area contributed by atoms with Gasteiger partial charge < -0.3 is 25.0 Å². The van der Waals surface area contributed by atoms with E-state index in [9.17, 15) is 36.8 Å². The molecule has 2 saturated carbocycles. The Balaban J connectivity index is 1.27. The summed E-state index contributed by atoms with van der Waals surface area (Å²) >= 11 is 0. The molecule has 51 heavy (non-hydrogen) atoms. The van der Waals surface area contributed by atoms with Crippen LogP contribution in [0.25, 0.3) is 6.08 Å². The summed E-state index contributed by atoms with van der Waals surface area (Å²) in [5.41, 5.74) is 0.157. The smallest absolute Gasteiger partial charge is 0.410 e. The Morgan fingerprint density at radius 3 is 2.65 bits per heavy atom. The van der Waals surface area contributed by atoms with E-state index in [0.29, 0.717) is 49.7 Å². The van der Waals surface area contributed by atoms with Crippen LogP contribution in [0.2, 0.25) is 0 Å². The number of hydrogen-bond donors (Lipinski definition) is 3. The molecule has 5 amide bonds. The SMILES string of the molecule is C=C[C@@H]1C[C@]1(NC(=O)[C@@H]1C[C@@H]2CN1C(=O)[C@H](CCCC)NC(=O)OCCCC=Cc1ccc(F)c3c1CN(C3)C(=O)O2)C(=O)NS(=O)(=O)C1CC1. The van der Waals surface area contributed by atoms with Crippen LogP contribution >= 0.6 is 0 Å². The third kappa shape index (κ3) is 7.75. The minimum absolute atomic E-state index is 0.0236. The van der Waals surface area contributed by atoms with Crippen LogP contribution in [-0.4, -0.2) is 90.3 Å². The number of halogens is 1. The van der Waals surface area contributed by atoms with Crippen molar-refractivity contribution in [2.24, 2.45) is 5.92 Å². The van der Waals surface area contributed by atoms with Gasteiger partial charge in [0.1, 0.15) is 29.5 Å². The molecule has 0 radical (unpaired) electrons. The van der Waals surface area contributed by atoms with Gasteiger partial charge in [-0.05, 0) is 55.7 Å². The fraction of sp³-hybridized carbons (Fsp3) is 0.571. The lowest BCUT2D eigenvalue weighted by Crippen LogP contribution is -2.58. The normalized spacial score (nSPS) is 28.1. The highest BCUT2D eigenvalue weighted by atomic mass is 32.2. The molecule has 0 spiro atoms. The fourth-order valence-corrected chi connectivity index (χ4v) is 8.36. The predicted octanol–water partition coefficient (Wildman–Crippen LogP) is 3.01. The largest absolute Gasteiger partial charge is 0.450 e. The summed E-state index contributed by atoms with van der Waals surface area (Å²) in [5, 5.41) is 4.67. The van der Waals surface area contributed by atoms with Crippen molar-refractivity contribution < 1.29 is 46.3 Å². The van der Waals surface area contributed by atoms with Crippen molar-refractivity contribution in [1.29, 1.82) is 0 Å². The molecule has 276 valence electrons. The number of nitrogens with zero attached hydrogens (tertiary/aromatic N) is 2. The van der Waals surface area contributed by atoms with Crippen molar-refractivity contribution in [3.05, 3.63) is 53.4 Å². The van der Waals surface area contributed by atoms with Gasteiger partial charge in [-0.15, -0.1) is 6.58 Å². The summed E-state index contributed by atoms with van der Waals surface area (Å²) in [6.07, 6.45) is 6.03. The van der Waals surface area contributed by atoms with Crippen molar-refractivity contribution in [3.8, 4) is 0 Å². The quantitative estimate of drug-likeness (QED) is 0.322. The van der Waals surface area contributed by atoms with Crippen molar-refractivity contribution >= 4 is 46.0 Å². The molecular formula is C35H44FN5O9S. The summed E-state index contributed by atoms with van der Waals surface area (Å²) in [5.74, 6) is -3.26. The number of nitrogens with one attached hydrogen (secondary N) is 3. The molecule has 0 unspecified atom stereocenters. The van der Waals surface area contributed by atoms with Crippen LogP contribution in [0.1, 0.15) is 81.4 Å². The average Bonchev–Trinajstić information content (AvgIpc) is 3.98. The second-order valence-corrected chi connectivity index (χ2v) is 15.9. The molecule has 2 aliphatic carbocycles. The molecule has 1 aromatic carbocycles. The standard InChI is InChI=1S/C35H44FN5O9S/c1-3-5-10-28-31(43)41-18-23(16-29(41)30(42)38-35(17-22(35)4-2)32(44)39-51(47,48)24-12-13-24)50-34(46)40-19-25-21(11-14-27(36)26(25)20-40)9-7-6-8-15-49-33(45)37-28/h4,7,9,11,14,22-24,28-29H,2-3,5-6,8,10,12-13,15-20H2,1H3,(H,37,45)(H,38,42)(H,39,44)/t22-,23-,28+,29+,35-/m1/s1. The van der Waals surface area contributed by atoms with Crippen LogP contribution in [0.4, 0.5) is 14.0 Å². The number of rotatable bonds is 9. The van der Waals surface area contributed by atoms with Gasteiger partial charge in [-0.1, -0.05) is 44.1 Å². The molecule has 3 aliphatic heterocycles. The van der Waals surface area contributed by atoms with Crippen LogP contribution in [0.15, 0.2) is 30.9 Å². The van der Waals surface area contributed by atoms with Gasteiger partial charge in [-0.25, -0.2) is 22.4 Å². The van der Waals surface area contributed by atoms with E-state index in [1.807, 2.05) is 19.1 Å². The number of carbonyl (C=O) groups excluding carboxylic acids is 5. The zero-order valence-electron chi connectivity index (χ0n) is 28.5. The van der Waals surface area contributed by atoms with E-state index >= 15 is 0 Å². The van der Waals surface area contributed by atoms with E-state index < -0.39 is 80.6 Å². The third-order valence-corrected chi connectivity index (χ3v) is 12.0. The Hall–Kier alpha value is -4.47. The van der Waals surface area contributed by atoms with Crippen molar-refractivity contribution in [3.63, 3.8) is 0 Å². The zero-order chi connectivity index (χ0) is 36.5. The number of allylic oxidation sites excluding steroid dienone is 1. The summed E-state index contributed by atoms with van der Waals surface area (Å²) < 4.78 is 53.4. The minimum atomic E-state index is -3.92. The number of sulfonamides is 1. The molecule has 5 atom stereocenters. The van der Waals surface area contributed by atoms with Crippen LogP contribution in [0.5, 0.6) is 0 Å². The number of cyclic esters (lactones) is 1. The molecule has 16 heteroatoms. The lowest BCUT2D eigenvalue weighted by Gasteiger charge is -2.29. The number of amides is 5. The lowest BCUT2D eigenvalue weighted by atomic mass is 10.0. The van der Waals surface area contributed by atoms with Gasteiger partial charge in [0.15, 0.2) is 0 Å².